The van der Waals surface area contributed by atoms with Gasteiger partial charge in [0.1, 0.15) is 0 Å². The minimum Gasteiger partial charge on any atom is -0.465 e. The summed E-state index contributed by atoms with van der Waals surface area (Å²) in [7, 11) is 0. The number of aryl methyl sites for hydroxylation is 1. The third-order valence-corrected chi connectivity index (χ3v) is 7.13. The summed E-state index contributed by atoms with van der Waals surface area (Å²) in [6.45, 7) is 14.3. The Labute approximate surface area is 200 Å². The zero-order valence-corrected chi connectivity index (χ0v) is 21.0. The van der Waals surface area contributed by atoms with Crippen LogP contribution in [0.3, 0.4) is 0 Å². The van der Waals surface area contributed by atoms with Crippen molar-refractivity contribution < 1.29 is 14.7 Å². The molecule has 33 heavy (non-hydrogen) atoms. The number of hydrogen-bond donors (Lipinski definition) is 2. The van der Waals surface area contributed by atoms with Crippen LogP contribution in [0.5, 0.6) is 0 Å². The molecule has 2 heterocycles. The average Bonchev–Trinajstić information content (AvgIpc) is 2.71. The lowest BCUT2D eigenvalue weighted by atomic mass is 9.72. The molecule has 0 bridgehead atoms. The maximum atomic E-state index is 12.7. The number of nitrogens with zero attached hydrogens (tertiary/aromatic N) is 3. The number of benzene rings is 1. The molecule has 2 aromatic rings. The van der Waals surface area contributed by atoms with Crippen LogP contribution < -0.4 is 5.32 Å². The molecule has 0 saturated carbocycles. The molecule has 1 aromatic carbocycles. The fourth-order valence-corrected chi connectivity index (χ4v) is 4.48. The van der Waals surface area contributed by atoms with Gasteiger partial charge in [0, 0.05) is 48.8 Å². The van der Waals surface area contributed by atoms with Gasteiger partial charge in [-0.05, 0) is 61.6 Å². The van der Waals surface area contributed by atoms with Crippen LogP contribution in [-0.4, -0.2) is 57.1 Å². The second-order valence-electron chi connectivity index (χ2n) is 10.0. The number of aromatic nitrogens is 1. The molecule has 3 rings (SSSR count). The molecule has 178 valence electrons. The van der Waals surface area contributed by atoms with Crippen molar-refractivity contribution in [3.8, 4) is 0 Å². The molecule has 2 N–H and O–H groups in total. The number of nitrogens with one attached hydrogen (secondary N) is 1. The lowest BCUT2D eigenvalue weighted by molar-refractivity contribution is -0.0462. The van der Waals surface area contributed by atoms with E-state index in [1.165, 1.54) is 0 Å². The van der Waals surface area contributed by atoms with Gasteiger partial charge in [0.05, 0.1) is 11.1 Å². The zero-order chi connectivity index (χ0) is 24.6. The standard InChI is InChI=1S/C25H33ClN4O3/c1-16-7-8-18(13-27-16)22(31)28-21-12-20(26)11-19(17(21)2)14-29-9-10-30(23(32)33)25(6,15-29)24(3,4)5/h7-8,11-13H,9-10,14-15H2,1-6H3,(H,28,31)(H,32,33)/t25-/m1/s1. The predicted molar refractivity (Wildman–Crippen MR) is 131 cm³/mol. The van der Waals surface area contributed by atoms with Crippen LogP contribution in [0.1, 0.15) is 54.9 Å². The van der Waals surface area contributed by atoms with Crippen LogP contribution >= 0.6 is 11.6 Å². The van der Waals surface area contributed by atoms with Crippen LogP contribution in [0.15, 0.2) is 30.5 Å². The molecular weight excluding hydrogens is 440 g/mol. The summed E-state index contributed by atoms with van der Waals surface area (Å²) in [5.74, 6) is -0.241. The van der Waals surface area contributed by atoms with Gasteiger partial charge >= 0.3 is 6.09 Å². The molecule has 7 nitrogen and oxygen atoms in total. The molecule has 8 heteroatoms. The molecule has 1 aliphatic heterocycles. The molecule has 1 aromatic heterocycles. The van der Waals surface area contributed by atoms with Gasteiger partial charge in [-0.1, -0.05) is 32.4 Å². The third kappa shape index (κ3) is 5.31. The van der Waals surface area contributed by atoms with Crippen LogP contribution in [0, 0.1) is 19.3 Å². The summed E-state index contributed by atoms with van der Waals surface area (Å²) in [5, 5.41) is 13.3. The minimum atomic E-state index is -0.887. The van der Waals surface area contributed by atoms with Crippen molar-refractivity contribution in [2.45, 2.75) is 53.6 Å². The third-order valence-electron chi connectivity index (χ3n) is 6.91. The Kier molecular flexibility index (Phi) is 7.05. The number of pyridine rings is 1. The second-order valence-corrected chi connectivity index (χ2v) is 10.5. The smallest absolute Gasteiger partial charge is 0.407 e. The van der Waals surface area contributed by atoms with E-state index in [4.69, 9.17) is 11.6 Å². The Bertz CT molecular complexity index is 1050. The lowest BCUT2D eigenvalue weighted by Gasteiger charge is -2.54. The van der Waals surface area contributed by atoms with E-state index < -0.39 is 11.6 Å². The largest absolute Gasteiger partial charge is 0.465 e. The lowest BCUT2D eigenvalue weighted by Crippen LogP contribution is -2.67. The van der Waals surface area contributed by atoms with E-state index >= 15 is 0 Å². The fraction of sp³-hybridized carbons (Fsp3) is 0.480. The van der Waals surface area contributed by atoms with E-state index in [1.807, 2.05) is 26.8 Å². The van der Waals surface area contributed by atoms with Crippen molar-refractivity contribution >= 4 is 29.3 Å². The summed E-state index contributed by atoms with van der Waals surface area (Å²) in [4.78, 5) is 32.6. The highest BCUT2D eigenvalue weighted by atomic mass is 35.5. The highest BCUT2D eigenvalue weighted by molar-refractivity contribution is 6.31. The topological polar surface area (TPSA) is 85.8 Å². The van der Waals surface area contributed by atoms with Crippen LogP contribution in [0.4, 0.5) is 10.5 Å². The number of amides is 2. The summed E-state index contributed by atoms with van der Waals surface area (Å²) in [6, 6.07) is 7.21. The molecule has 0 aliphatic carbocycles. The van der Waals surface area contributed by atoms with Gasteiger partial charge in [-0.2, -0.15) is 0 Å². The van der Waals surface area contributed by atoms with E-state index in [-0.39, 0.29) is 11.3 Å². The van der Waals surface area contributed by atoms with Gasteiger partial charge in [0.15, 0.2) is 0 Å². The Hall–Kier alpha value is -2.64. The second kappa shape index (κ2) is 9.31. The monoisotopic (exact) mass is 472 g/mol. The Morgan fingerprint density at radius 3 is 2.48 bits per heavy atom. The molecule has 2 amide bonds. The summed E-state index contributed by atoms with van der Waals surface area (Å²) in [5.41, 5.74) is 3.13. The number of carbonyl (C=O) groups excluding carboxylic acids is 1. The number of carbonyl (C=O) groups is 2. The fourth-order valence-electron chi connectivity index (χ4n) is 4.24. The molecule has 0 spiro atoms. The van der Waals surface area contributed by atoms with E-state index in [1.54, 1.807) is 29.3 Å². The predicted octanol–water partition coefficient (Wildman–Crippen LogP) is 5.20. The van der Waals surface area contributed by atoms with Crippen molar-refractivity contribution in [3.05, 3.63) is 57.9 Å². The van der Waals surface area contributed by atoms with Gasteiger partial charge in [0.2, 0.25) is 0 Å². The quantitative estimate of drug-likeness (QED) is 0.638. The summed E-state index contributed by atoms with van der Waals surface area (Å²) in [6.07, 6.45) is 0.669. The molecule has 0 radical (unpaired) electrons. The van der Waals surface area contributed by atoms with E-state index in [0.717, 1.165) is 16.8 Å². The molecular formula is C25H33ClN4O3. The molecule has 0 unspecified atom stereocenters. The molecule has 1 aliphatic rings. The molecule has 1 saturated heterocycles. The van der Waals surface area contributed by atoms with Crippen molar-refractivity contribution in [2.75, 3.05) is 25.0 Å². The normalized spacial score (nSPS) is 19.4. The summed E-state index contributed by atoms with van der Waals surface area (Å²) < 4.78 is 0. The first-order chi connectivity index (χ1) is 15.3. The van der Waals surface area contributed by atoms with E-state index in [2.05, 4.69) is 36.0 Å². The molecule has 1 fully saturated rings. The number of hydrogen-bond acceptors (Lipinski definition) is 4. The number of anilines is 1. The maximum absolute atomic E-state index is 12.7. The number of rotatable bonds is 4. The zero-order valence-electron chi connectivity index (χ0n) is 20.2. The summed E-state index contributed by atoms with van der Waals surface area (Å²) >= 11 is 6.42. The van der Waals surface area contributed by atoms with Gasteiger partial charge in [-0.15, -0.1) is 0 Å². The van der Waals surface area contributed by atoms with E-state index in [9.17, 15) is 14.7 Å². The van der Waals surface area contributed by atoms with E-state index in [0.29, 0.717) is 42.5 Å². The SMILES string of the molecule is Cc1ccc(C(=O)Nc2cc(Cl)cc(CN3CCN(C(=O)O)[C@@](C)(C(C)(C)C)C3)c2C)cn1. The highest BCUT2D eigenvalue weighted by Crippen LogP contribution is 2.39. The van der Waals surface area contributed by atoms with Crippen molar-refractivity contribution in [1.29, 1.82) is 0 Å². The van der Waals surface area contributed by atoms with Gasteiger partial charge < -0.3 is 10.4 Å². The Morgan fingerprint density at radius 1 is 1.21 bits per heavy atom. The van der Waals surface area contributed by atoms with Crippen LogP contribution in [0.2, 0.25) is 5.02 Å². The van der Waals surface area contributed by atoms with Gasteiger partial charge in [-0.3, -0.25) is 19.6 Å². The average molecular weight is 473 g/mol. The highest BCUT2D eigenvalue weighted by Gasteiger charge is 2.48. The van der Waals surface area contributed by atoms with Crippen molar-refractivity contribution in [3.63, 3.8) is 0 Å². The first kappa shape index (κ1) is 25.0. The minimum absolute atomic E-state index is 0.241. The van der Waals surface area contributed by atoms with Crippen LogP contribution in [0.25, 0.3) is 0 Å². The van der Waals surface area contributed by atoms with Crippen molar-refractivity contribution in [1.82, 2.24) is 14.8 Å². The van der Waals surface area contributed by atoms with Crippen molar-refractivity contribution in [2.24, 2.45) is 5.41 Å². The first-order valence-electron chi connectivity index (χ1n) is 11.1. The molecule has 1 atom stereocenters. The number of halogens is 1. The number of piperazine rings is 1. The van der Waals surface area contributed by atoms with Gasteiger partial charge in [0.25, 0.3) is 5.91 Å². The maximum Gasteiger partial charge on any atom is 0.407 e. The number of carboxylic acid groups (broad SMARTS) is 1. The van der Waals surface area contributed by atoms with Crippen LogP contribution in [-0.2, 0) is 6.54 Å². The first-order valence-corrected chi connectivity index (χ1v) is 11.5. The Balaban J connectivity index is 1.83. The Morgan fingerprint density at radius 2 is 1.91 bits per heavy atom. The van der Waals surface area contributed by atoms with Gasteiger partial charge in [-0.25, -0.2) is 4.79 Å².